The van der Waals surface area contributed by atoms with E-state index in [0.29, 0.717) is 11.8 Å². The van der Waals surface area contributed by atoms with Gasteiger partial charge >= 0.3 is 0 Å². The Bertz CT molecular complexity index is 372. The van der Waals surface area contributed by atoms with Crippen molar-refractivity contribution >= 4 is 25.3 Å². The van der Waals surface area contributed by atoms with Gasteiger partial charge in [0.1, 0.15) is 0 Å². The van der Waals surface area contributed by atoms with Crippen molar-refractivity contribution in [3.05, 3.63) is 35.9 Å². The summed E-state index contributed by atoms with van der Waals surface area (Å²) < 4.78 is 0. The summed E-state index contributed by atoms with van der Waals surface area (Å²) in [7, 11) is 0. The van der Waals surface area contributed by atoms with Crippen LogP contribution in [0.25, 0.3) is 0 Å². The highest BCUT2D eigenvalue weighted by molar-refractivity contribution is 7.80. The van der Waals surface area contributed by atoms with Gasteiger partial charge in [-0.15, -0.1) is 0 Å². The molecule has 2 rings (SSSR count). The number of benzene rings is 1. The van der Waals surface area contributed by atoms with Crippen LogP contribution in [0.15, 0.2) is 30.3 Å². The first kappa shape index (κ1) is 15.2. The lowest BCUT2D eigenvalue weighted by Gasteiger charge is -2.24. The second-order valence-electron chi connectivity index (χ2n) is 5.35. The molecule has 1 aliphatic rings. The molecule has 1 saturated heterocycles. The van der Waals surface area contributed by atoms with E-state index in [1.165, 1.54) is 5.56 Å². The monoisotopic (exact) mass is 296 g/mol. The van der Waals surface area contributed by atoms with E-state index >= 15 is 0 Å². The largest absolute Gasteiger partial charge is 0.315 e. The number of nitrogens with two attached hydrogens (primary N) is 1. The Labute approximate surface area is 127 Å². The fourth-order valence-electron chi connectivity index (χ4n) is 3.12. The van der Waals surface area contributed by atoms with Gasteiger partial charge in [-0.2, -0.15) is 25.3 Å². The minimum Gasteiger partial charge on any atom is -0.315 e. The average Bonchev–Trinajstić information content (AvgIpc) is 2.70. The molecule has 1 aromatic rings. The van der Waals surface area contributed by atoms with E-state index in [2.05, 4.69) is 60.5 Å². The van der Waals surface area contributed by atoms with Gasteiger partial charge in [-0.05, 0) is 41.7 Å². The van der Waals surface area contributed by atoms with Gasteiger partial charge in [-0.25, -0.2) is 0 Å². The number of likely N-dealkylation sites (tertiary alicyclic amines) is 1. The Hall–Kier alpha value is -0.160. The molecule has 0 bridgehead atoms. The van der Waals surface area contributed by atoms with Gasteiger partial charge < -0.3 is 5.73 Å². The highest BCUT2D eigenvalue weighted by Crippen LogP contribution is 2.33. The number of thiol groups is 2. The van der Waals surface area contributed by atoms with E-state index in [1.54, 1.807) is 0 Å². The number of hydrogen-bond donors (Lipinski definition) is 3. The molecule has 4 heteroatoms. The zero-order chi connectivity index (χ0) is 13.7. The summed E-state index contributed by atoms with van der Waals surface area (Å²) in [6, 6.07) is 10.6. The zero-order valence-electron chi connectivity index (χ0n) is 11.3. The Kier molecular flexibility index (Phi) is 6.07. The van der Waals surface area contributed by atoms with Crippen LogP contribution in [0.4, 0.5) is 0 Å². The van der Waals surface area contributed by atoms with Crippen molar-refractivity contribution in [2.45, 2.75) is 25.6 Å². The van der Waals surface area contributed by atoms with Crippen LogP contribution in [-0.2, 0) is 6.54 Å². The molecule has 106 valence electrons. The molecular formula is C15H24N2S2. The van der Waals surface area contributed by atoms with Crippen molar-refractivity contribution in [1.29, 1.82) is 0 Å². The molecule has 0 spiro atoms. The molecule has 2 nitrogen and oxygen atoms in total. The van der Waals surface area contributed by atoms with Gasteiger partial charge in [0.25, 0.3) is 0 Å². The predicted octanol–water partition coefficient (Wildman–Crippen LogP) is 2.66. The highest BCUT2D eigenvalue weighted by atomic mass is 32.1. The summed E-state index contributed by atoms with van der Waals surface area (Å²) in [5.74, 6) is 3.09. The van der Waals surface area contributed by atoms with E-state index in [0.717, 1.165) is 37.4 Å². The summed E-state index contributed by atoms with van der Waals surface area (Å²) in [5, 5.41) is 0. The third-order valence-corrected chi connectivity index (χ3v) is 4.64. The molecule has 1 heterocycles. The lowest BCUT2D eigenvalue weighted by Crippen LogP contribution is -2.40. The second kappa shape index (κ2) is 7.58. The van der Waals surface area contributed by atoms with Gasteiger partial charge in [0.2, 0.25) is 0 Å². The van der Waals surface area contributed by atoms with Crippen LogP contribution in [0.3, 0.4) is 0 Å². The van der Waals surface area contributed by atoms with Gasteiger partial charge in [-0.1, -0.05) is 30.3 Å². The summed E-state index contributed by atoms with van der Waals surface area (Å²) in [6.45, 7) is 2.04. The lowest BCUT2D eigenvalue weighted by atomic mass is 9.90. The Morgan fingerprint density at radius 3 is 2.42 bits per heavy atom. The smallest absolute Gasteiger partial charge is 0.0607 e. The van der Waals surface area contributed by atoms with Crippen LogP contribution in [0.1, 0.15) is 18.4 Å². The first-order chi connectivity index (χ1) is 9.26. The first-order valence-corrected chi connectivity index (χ1v) is 8.28. The molecule has 0 aliphatic carbocycles. The van der Waals surface area contributed by atoms with Gasteiger partial charge in [0.05, 0.1) is 6.17 Å². The molecule has 3 atom stereocenters. The summed E-state index contributed by atoms with van der Waals surface area (Å²) in [4.78, 5) is 2.41. The Morgan fingerprint density at radius 1 is 1.11 bits per heavy atom. The average molecular weight is 297 g/mol. The van der Waals surface area contributed by atoms with Crippen molar-refractivity contribution in [3.8, 4) is 0 Å². The van der Waals surface area contributed by atoms with Crippen molar-refractivity contribution < 1.29 is 0 Å². The Morgan fingerprint density at radius 2 is 1.79 bits per heavy atom. The molecule has 0 radical (unpaired) electrons. The maximum absolute atomic E-state index is 6.44. The van der Waals surface area contributed by atoms with Crippen molar-refractivity contribution in [3.63, 3.8) is 0 Å². The maximum Gasteiger partial charge on any atom is 0.0607 e. The molecule has 0 amide bonds. The molecule has 0 saturated carbocycles. The van der Waals surface area contributed by atoms with E-state index in [9.17, 15) is 0 Å². The number of hydrogen-bond acceptors (Lipinski definition) is 4. The topological polar surface area (TPSA) is 29.3 Å². The minimum absolute atomic E-state index is 0.164. The van der Waals surface area contributed by atoms with Crippen molar-refractivity contribution in [2.75, 3.05) is 18.1 Å². The first-order valence-electron chi connectivity index (χ1n) is 7.01. The molecule has 1 aliphatic heterocycles. The molecule has 3 unspecified atom stereocenters. The van der Waals surface area contributed by atoms with Crippen LogP contribution in [0.5, 0.6) is 0 Å². The standard InChI is InChI=1S/C15H24N2S2/c16-15-14(7-9-19)13(6-8-18)11-17(15)10-12-4-2-1-3-5-12/h1-5,13-15,18-19H,6-11,16H2. The molecular weight excluding hydrogens is 272 g/mol. The minimum atomic E-state index is 0.164. The zero-order valence-corrected chi connectivity index (χ0v) is 13.1. The van der Waals surface area contributed by atoms with E-state index in [4.69, 9.17) is 5.73 Å². The number of rotatable bonds is 6. The third kappa shape index (κ3) is 3.91. The highest BCUT2D eigenvalue weighted by Gasteiger charge is 2.38. The predicted molar refractivity (Wildman–Crippen MR) is 88.7 cm³/mol. The molecule has 1 aromatic carbocycles. The lowest BCUT2D eigenvalue weighted by molar-refractivity contribution is 0.221. The molecule has 0 aromatic heterocycles. The van der Waals surface area contributed by atoms with Crippen LogP contribution >= 0.6 is 25.3 Å². The molecule has 2 N–H and O–H groups in total. The SMILES string of the molecule is NC1C(CCS)C(CCS)CN1Cc1ccccc1. The molecule has 1 fully saturated rings. The molecule has 19 heavy (non-hydrogen) atoms. The van der Waals surface area contributed by atoms with Crippen LogP contribution in [0, 0.1) is 11.8 Å². The van der Waals surface area contributed by atoms with Crippen molar-refractivity contribution in [2.24, 2.45) is 17.6 Å². The fourth-order valence-corrected chi connectivity index (χ4v) is 3.75. The maximum atomic E-state index is 6.44. The van der Waals surface area contributed by atoms with Gasteiger partial charge in [-0.3, -0.25) is 4.90 Å². The summed E-state index contributed by atoms with van der Waals surface area (Å²) in [5.41, 5.74) is 7.79. The normalized spacial score (nSPS) is 27.8. The third-order valence-electron chi connectivity index (χ3n) is 4.13. The van der Waals surface area contributed by atoms with Crippen molar-refractivity contribution in [1.82, 2.24) is 4.90 Å². The van der Waals surface area contributed by atoms with Crippen LogP contribution < -0.4 is 5.73 Å². The van der Waals surface area contributed by atoms with Gasteiger partial charge in [0.15, 0.2) is 0 Å². The van der Waals surface area contributed by atoms with Gasteiger partial charge in [0, 0.05) is 13.1 Å². The summed E-state index contributed by atoms with van der Waals surface area (Å²) in [6.07, 6.45) is 2.42. The second-order valence-corrected chi connectivity index (χ2v) is 6.25. The quantitative estimate of drug-likeness (QED) is 0.705. The number of nitrogens with zero attached hydrogens (tertiary/aromatic N) is 1. The Balaban J connectivity index is 2.02. The fraction of sp³-hybridized carbons (Fsp3) is 0.600. The van der Waals surface area contributed by atoms with E-state index < -0.39 is 0 Å². The van der Waals surface area contributed by atoms with E-state index in [-0.39, 0.29) is 6.17 Å². The van der Waals surface area contributed by atoms with E-state index in [1.807, 2.05) is 0 Å². The summed E-state index contributed by atoms with van der Waals surface area (Å²) >= 11 is 8.76. The van der Waals surface area contributed by atoms with Crippen LogP contribution in [-0.4, -0.2) is 29.1 Å². The van der Waals surface area contributed by atoms with Crippen LogP contribution in [0.2, 0.25) is 0 Å².